The van der Waals surface area contributed by atoms with Gasteiger partial charge in [0, 0.05) is 12.6 Å². The van der Waals surface area contributed by atoms with Crippen LogP contribution in [0.5, 0.6) is 0 Å². The van der Waals surface area contributed by atoms with Crippen molar-refractivity contribution < 1.29 is 19.1 Å². The number of amides is 3. The molecular weight excluding hydrogens is 400 g/mol. The van der Waals surface area contributed by atoms with E-state index >= 15 is 0 Å². The van der Waals surface area contributed by atoms with Crippen LogP contribution >= 0.6 is 0 Å². The third kappa shape index (κ3) is 4.37. The number of benzene rings is 1. The standard InChI is InChI=1S/C21H26N6O4/c1-21(2,3)31-20(30)24-15-8-7-12-5-4-6-13-9-16(27(17(12)13)19(15)29)18(28)22-10-14-11-23-26-25-14/h4-6,11,15-16H,7-10H2,1-3H3,(H,22,28)(H,24,30)(H,23,25,26)/t15-,16-/m0/s1. The summed E-state index contributed by atoms with van der Waals surface area (Å²) in [5, 5.41) is 15.6. The molecule has 2 aliphatic rings. The second kappa shape index (κ2) is 8.01. The van der Waals surface area contributed by atoms with E-state index in [0.717, 1.165) is 16.8 Å². The van der Waals surface area contributed by atoms with Crippen LogP contribution in [0, 0.1) is 0 Å². The van der Waals surface area contributed by atoms with Crippen LogP contribution in [-0.2, 0) is 33.7 Å². The minimum Gasteiger partial charge on any atom is -0.444 e. The minimum absolute atomic E-state index is 0.205. The number of anilines is 1. The summed E-state index contributed by atoms with van der Waals surface area (Å²) in [7, 11) is 0. The lowest BCUT2D eigenvalue weighted by Gasteiger charge is -2.28. The molecule has 4 rings (SSSR count). The number of H-pyrrole nitrogens is 1. The zero-order chi connectivity index (χ0) is 22.2. The molecule has 0 aliphatic carbocycles. The van der Waals surface area contributed by atoms with Gasteiger partial charge in [-0.15, -0.1) is 5.10 Å². The number of carbonyl (C=O) groups is 3. The second-order valence-corrected chi connectivity index (χ2v) is 8.77. The molecule has 31 heavy (non-hydrogen) atoms. The first-order valence-corrected chi connectivity index (χ1v) is 10.3. The molecule has 2 aliphatic heterocycles. The van der Waals surface area contributed by atoms with Gasteiger partial charge in [-0.25, -0.2) is 4.79 Å². The predicted molar refractivity (Wildman–Crippen MR) is 111 cm³/mol. The van der Waals surface area contributed by atoms with Gasteiger partial charge in [-0.2, -0.15) is 0 Å². The van der Waals surface area contributed by atoms with E-state index in [2.05, 4.69) is 26.0 Å². The van der Waals surface area contributed by atoms with E-state index in [1.54, 1.807) is 27.0 Å². The first-order valence-electron chi connectivity index (χ1n) is 10.3. The Balaban J connectivity index is 1.56. The monoisotopic (exact) mass is 426 g/mol. The highest BCUT2D eigenvalue weighted by Crippen LogP contribution is 2.39. The van der Waals surface area contributed by atoms with Gasteiger partial charge in [0.1, 0.15) is 23.4 Å². The van der Waals surface area contributed by atoms with Crippen molar-refractivity contribution in [2.24, 2.45) is 0 Å². The maximum Gasteiger partial charge on any atom is 0.408 e. The van der Waals surface area contributed by atoms with Crippen LogP contribution in [0.25, 0.3) is 0 Å². The van der Waals surface area contributed by atoms with Crippen molar-refractivity contribution in [1.29, 1.82) is 0 Å². The zero-order valence-electron chi connectivity index (χ0n) is 17.8. The van der Waals surface area contributed by atoms with Gasteiger partial charge in [-0.05, 0) is 44.7 Å². The molecule has 0 fully saturated rings. The lowest BCUT2D eigenvalue weighted by Crippen LogP contribution is -2.54. The van der Waals surface area contributed by atoms with Gasteiger partial charge in [0.15, 0.2) is 0 Å². The van der Waals surface area contributed by atoms with E-state index in [9.17, 15) is 14.4 Å². The molecule has 3 N–H and O–H groups in total. The molecule has 2 aromatic rings. The summed E-state index contributed by atoms with van der Waals surface area (Å²) in [5.41, 5.74) is 2.64. The zero-order valence-corrected chi connectivity index (χ0v) is 17.8. The van der Waals surface area contributed by atoms with E-state index in [1.807, 2.05) is 18.2 Å². The molecule has 0 saturated carbocycles. The number of ether oxygens (including phenoxy) is 1. The van der Waals surface area contributed by atoms with Crippen molar-refractivity contribution in [2.45, 2.75) is 64.3 Å². The van der Waals surface area contributed by atoms with E-state index in [4.69, 9.17) is 4.74 Å². The van der Waals surface area contributed by atoms with Gasteiger partial charge < -0.3 is 15.4 Å². The molecule has 2 atom stereocenters. The fraction of sp³-hybridized carbons (Fsp3) is 0.476. The molecule has 0 unspecified atom stereocenters. The number of aromatic nitrogens is 3. The third-order valence-corrected chi connectivity index (χ3v) is 5.31. The number of aryl methyl sites for hydroxylation is 1. The maximum atomic E-state index is 13.5. The molecule has 0 bridgehead atoms. The lowest BCUT2D eigenvalue weighted by molar-refractivity contribution is -0.127. The number of carbonyl (C=O) groups excluding carboxylic acids is 3. The number of para-hydroxylation sites is 1. The van der Waals surface area contributed by atoms with Crippen LogP contribution in [-0.4, -0.2) is 51.0 Å². The first kappa shape index (κ1) is 20.8. The number of aromatic amines is 1. The van der Waals surface area contributed by atoms with Crippen LogP contribution in [0.3, 0.4) is 0 Å². The molecule has 3 heterocycles. The Morgan fingerprint density at radius 3 is 2.77 bits per heavy atom. The summed E-state index contributed by atoms with van der Waals surface area (Å²) in [6.07, 6.45) is 2.40. The Labute approximate surface area is 179 Å². The van der Waals surface area contributed by atoms with Crippen LogP contribution in [0.1, 0.15) is 44.0 Å². The first-order chi connectivity index (χ1) is 14.7. The topological polar surface area (TPSA) is 129 Å². The normalized spacial score (nSPS) is 20.1. The third-order valence-electron chi connectivity index (χ3n) is 5.31. The van der Waals surface area contributed by atoms with Crippen molar-refractivity contribution in [2.75, 3.05) is 4.90 Å². The smallest absolute Gasteiger partial charge is 0.408 e. The van der Waals surface area contributed by atoms with Crippen molar-refractivity contribution in [3.63, 3.8) is 0 Å². The van der Waals surface area contributed by atoms with Gasteiger partial charge in [0.25, 0.3) is 0 Å². The SMILES string of the molecule is CC(C)(C)OC(=O)N[C@H]1CCc2cccc3c2N(C1=O)[C@H](C(=O)NCc1c[nH]nn1)C3. The Hall–Kier alpha value is -3.43. The molecule has 1 aromatic carbocycles. The van der Waals surface area contributed by atoms with E-state index < -0.39 is 23.8 Å². The van der Waals surface area contributed by atoms with Gasteiger partial charge in [-0.3, -0.25) is 19.6 Å². The second-order valence-electron chi connectivity index (χ2n) is 8.77. The van der Waals surface area contributed by atoms with Gasteiger partial charge in [0.05, 0.1) is 12.2 Å². The lowest BCUT2D eigenvalue weighted by atomic mass is 10.0. The van der Waals surface area contributed by atoms with Crippen molar-refractivity contribution in [3.05, 3.63) is 41.2 Å². The quantitative estimate of drug-likeness (QED) is 0.674. The Bertz CT molecular complexity index is 998. The van der Waals surface area contributed by atoms with Crippen LogP contribution in [0.2, 0.25) is 0 Å². The highest BCUT2D eigenvalue weighted by atomic mass is 16.6. The van der Waals surface area contributed by atoms with E-state index in [0.29, 0.717) is 25.0 Å². The molecule has 164 valence electrons. The highest BCUT2D eigenvalue weighted by molar-refractivity contribution is 6.07. The molecule has 0 spiro atoms. The highest BCUT2D eigenvalue weighted by Gasteiger charge is 2.44. The number of alkyl carbamates (subject to hydrolysis) is 1. The van der Waals surface area contributed by atoms with Crippen LogP contribution in [0.15, 0.2) is 24.4 Å². The molecule has 3 amide bonds. The van der Waals surface area contributed by atoms with Gasteiger partial charge in [0.2, 0.25) is 11.8 Å². The summed E-state index contributed by atoms with van der Waals surface area (Å²) >= 11 is 0. The Kier molecular flexibility index (Phi) is 5.38. The molecule has 1 aromatic heterocycles. The summed E-state index contributed by atoms with van der Waals surface area (Å²) in [5.74, 6) is -0.590. The van der Waals surface area contributed by atoms with Crippen LogP contribution in [0.4, 0.5) is 10.5 Å². The molecular formula is C21H26N6O4. The summed E-state index contributed by atoms with van der Waals surface area (Å²) in [6, 6.07) is 4.36. The van der Waals surface area contributed by atoms with Gasteiger partial charge >= 0.3 is 6.09 Å². The predicted octanol–water partition coefficient (Wildman–Crippen LogP) is 1.22. The number of nitrogens with zero attached hydrogens (tertiary/aromatic N) is 3. The van der Waals surface area contributed by atoms with E-state index in [1.165, 1.54) is 4.90 Å². The summed E-state index contributed by atoms with van der Waals surface area (Å²) in [4.78, 5) is 40.3. The number of hydrogen-bond acceptors (Lipinski definition) is 6. The Morgan fingerprint density at radius 2 is 2.06 bits per heavy atom. The molecule has 10 nitrogen and oxygen atoms in total. The van der Waals surface area contributed by atoms with Crippen molar-refractivity contribution in [3.8, 4) is 0 Å². The molecule has 10 heteroatoms. The number of hydrogen-bond donors (Lipinski definition) is 3. The average Bonchev–Trinajstić information content (AvgIpc) is 3.32. The fourth-order valence-corrected chi connectivity index (χ4v) is 4.03. The minimum atomic E-state index is -0.779. The fourth-order valence-electron chi connectivity index (χ4n) is 4.03. The molecule has 0 saturated heterocycles. The van der Waals surface area contributed by atoms with Crippen molar-refractivity contribution >= 4 is 23.6 Å². The average molecular weight is 426 g/mol. The van der Waals surface area contributed by atoms with Crippen molar-refractivity contribution in [1.82, 2.24) is 26.0 Å². The van der Waals surface area contributed by atoms with Crippen LogP contribution < -0.4 is 15.5 Å². The number of rotatable bonds is 4. The maximum absolute atomic E-state index is 13.5. The van der Waals surface area contributed by atoms with Gasteiger partial charge in [-0.1, -0.05) is 23.4 Å². The Morgan fingerprint density at radius 1 is 1.29 bits per heavy atom. The summed E-state index contributed by atoms with van der Waals surface area (Å²) < 4.78 is 5.33. The molecule has 0 radical (unpaired) electrons. The number of nitrogens with one attached hydrogen (secondary N) is 3. The summed E-state index contributed by atoms with van der Waals surface area (Å²) in [6.45, 7) is 5.49. The van der Waals surface area contributed by atoms with E-state index in [-0.39, 0.29) is 18.4 Å². The largest absolute Gasteiger partial charge is 0.444 e.